The molecule has 0 unspecified atom stereocenters. The van der Waals surface area contributed by atoms with Crippen LogP contribution in [0.15, 0.2) is 41.7 Å². The second-order valence-electron chi connectivity index (χ2n) is 6.23. The van der Waals surface area contributed by atoms with Crippen molar-refractivity contribution in [3.63, 3.8) is 0 Å². The predicted octanol–water partition coefficient (Wildman–Crippen LogP) is 5.21. The number of nitrogens with zero attached hydrogens (tertiary/aromatic N) is 3. The fourth-order valence-corrected chi connectivity index (χ4v) is 3.83. The molecule has 0 atom stereocenters. The van der Waals surface area contributed by atoms with E-state index in [0.29, 0.717) is 32.6 Å². The average molecular weight is 409 g/mol. The minimum Gasteiger partial charge on any atom is -0.359 e. The molecule has 0 fully saturated rings. The van der Waals surface area contributed by atoms with Crippen molar-refractivity contribution in [2.24, 2.45) is 5.92 Å². The summed E-state index contributed by atoms with van der Waals surface area (Å²) < 4.78 is 2.01. The number of halogens is 2. The third-order valence-electron chi connectivity index (χ3n) is 3.67. The van der Waals surface area contributed by atoms with Crippen molar-refractivity contribution in [2.45, 2.75) is 25.5 Å². The molecule has 2 heterocycles. The van der Waals surface area contributed by atoms with Gasteiger partial charge in [-0.2, -0.15) is 0 Å². The minimum absolute atomic E-state index is 0.0187. The van der Waals surface area contributed by atoms with E-state index in [2.05, 4.69) is 29.0 Å². The molecule has 1 aromatic carbocycles. The summed E-state index contributed by atoms with van der Waals surface area (Å²) in [5.74, 6) is 1.36. The number of benzene rings is 1. The second kappa shape index (κ2) is 8.29. The number of aromatic amines is 1. The maximum absolute atomic E-state index is 12.2. The molecule has 8 heteroatoms. The molecular weight excluding hydrogens is 391 g/mol. The Balaban J connectivity index is 1.88. The van der Waals surface area contributed by atoms with E-state index in [1.165, 1.54) is 11.8 Å². The molecule has 0 amide bonds. The number of carbonyl (C=O) groups excluding carboxylic acids is 1. The van der Waals surface area contributed by atoms with Crippen LogP contribution in [-0.2, 0) is 6.54 Å². The Morgan fingerprint density at radius 2 is 2.08 bits per heavy atom. The summed E-state index contributed by atoms with van der Waals surface area (Å²) >= 11 is 13.7. The maximum Gasteiger partial charge on any atom is 0.191 e. The van der Waals surface area contributed by atoms with Crippen LogP contribution in [0.3, 0.4) is 0 Å². The smallest absolute Gasteiger partial charge is 0.191 e. The number of Topliss-reactive ketones (excluding diaryl/α,β-unsaturated/α-hetero) is 1. The average Bonchev–Trinajstić information content (AvgIpc) is 3.23. The standard InChI is InChI=1S/C18H18Cl2N4OS/c1-11(2)9-24-17(13-6-5-12(19)8-14(13)20)22-23-18(24)26-10-16(25)15-4-3-7-21-15/h3-8,11,21H,9-10H2,1-2H3. The third kappa shape index (κ3) is 4.31. The van der Waals surface area contributed by atoms with Gasteiger partial charge in [0.15, 0.2) is 16.8 Å². The Labute approximate surface area is 166 Å². The summed E-state index contributed by atoms with van der Waals surface area (Å²) in [7, 11) is 0. The highest BCUT2D eigenvalue weighted by molar-refractivity contribution is 7.99. The van der Waals surface area contributed by atoms with Gasteiger partial charge in [-0.15, -0.1) is 10.2 Å². The van der Waals surface area contributed by atoms with E-state index in [1.54, 1.807) is 30.5 Å². The number of carbonyl (C=O) groups is 1. The number of aromatic nitrogens is 4. The largest absolute Gasteiger partial charge is 0.359 e. The Morgan fingerprint density at radius 1 is 1.27 bits per heavy atom. The first-order valence-electron chi connectivity index (χ1n) is 8.13. The van der Waals surface area contributed by atoms with Crippen LogP contribution >= 0.6 is 35.0 Å². The van der Waals surface area contributed by atoms with Gasteiger partial charge in [0.1, 0.15) is 0 Å². The Kier molecular flexibility index (Phi) is 6.06. The van der Waals surface area contributed by atoms with Crippen molar-refractivity contribution < 1.29 is 4.79 Å². The van der Waals surface area contributed by atoms with Gasteiger partial charge in [-0.05, 0) is 36.2 Å². The molecule has 0 radical (unpaired) electrons. The monoisotopic (exact) mass is 408 g/mol. The molecule has 0 aliphatic carbocycles. The number of rotatable bonds is 7. The van der Waals surface area contributed by atoms with Crippen molar-refractivity contribution in [3.8, 4) is 11.4 Å². The number of nitrogens with one attached hydrogen (secondary N) is 1. The molecule has 136 valence electrons. The van der Waals surface area contributed by atoms with Gasteiger partial charge in [-0.1, -0.05) is 48.8 Å². The minimum atomic E-state index is 0.0187. The summed E-state index contributed by atoms with van der Waals surface area (Å²) in [6.07, 6.45) is 1.74. The topological polar surface area (TPSA) is 63.6 Å². The first-order valence-corrected chi connectivity index (χ1v) is 9.88. The van der Waals surface area contributed by atoms with Crippen molar-refractivity contribution in [1.29, 1.82) is 0 Å². The molecule has 0 saturated carbocycles. The lowest BCUT2D eigenvalue weighted by atomic mass is 10.2. The summed E-state index contributed by atoms with van der Waals surface area (Å²) in [5.41, 5.74) is 1.36. The van der Waals surface area contributed by atoms with Gasteiger partial charge in [0.25, 0.3) is 0 Å². The van der Waals surface area contributed by atoms with Crippen LogP contribution in [0.1, 0.15) is 24.3 Å². The number of hydrogen-bond acceptors (Lipinski definition) is 4. The van der Waals surface area contributed by atoms with Crippen molar-refractivity contribution in [3.05, 3.63) is 52.3 Å². The van der Waals surface area contributed by atoms with Crippen LogP contribution in [0.2, 0.25) is 10.0 Å². The molecular formula is C18H18Cl2N4OS. The predicted molar refractivity (Wildman–Crippen MR) is 106 cm³/mol. The van der Waals surface area contributed by atoms with Crippen LogP contribution in [0, 0.1) is 5.92 Å². The van der Waals surface area contributed by atoms with Crippen LogP contribution in [0.4, 0.5) is 0 Å². The Hall–Kier alpha value is -1.76. The Bertz CT molecular complexity index is 906. The molecule has 0 spiro atoms. The van der Waals surface area contributed by atoms with Crippen molar-refractivity contribution in [2.75, 3.05) is 5.75 Å². The summed E-state index contributed by atoms with van der Waals surface area (Å²) in [6.45, 7) is 4.96. The maximum atomic E-state index is 12.2. The number of ketones is 1. The van der Waals surface area contributed by atoms with E-state index in [-0.39, 0.29) is 11.5 Å². The van der Waals surface area contributed by atoms with Crippen molar-refractivity contribution in [1.82, 2.24) is 19.7 Å². The zero-order chi connectivity index (χ0) is 18.7. The first kappa shape index (κ1) is 19.0. The molecule has 2 aromatic heterocycles. The molecule has 0 saturated heterocycles. The molecule has 0 aliphatic heterocycles. The van der Waals surface area contributed by atoms with Gasteiger partial charge in [-0.3, -0.25) is 4.79 Å². The van der Waals surface area contributed by atoms with E-state index in [9.17, 15) is 4.79 Å². The lowest BCUT2D eigenvalue weighted by molar-refractivity contribution is 0.101. The van der Waals surface area contributed by atoms with E-state index < -0.39 is 0 Å². The van der Waals surface area contributed by atoms with Gasteiger partial charge >= 0.3 is 0 Å². The molecule has 26 heavy (non-hydrogen) atoms. The van der Waals surface area contributed by atoms with Crippen LogP contribution in [0.25, 0.3) is 11.4 Å². The fraction of sp³-hybridized carbons (Fsp3) is 0.278. The zero-order valence-corrected chi connectivity index (χ0v) is 16.7. The molecule has 0 bridgehead atoms. The lowest BCUT2D eigenvalue weighted by Crippen LogP contribution is -2.09. The summed E-state index contributed by atoms with van der Waals surface area (Å²) in [6, 6.07) is 8.87. The first-order chi connectivity index (χ1) is 12.5. The highest BCUT2D eigenvalue weighted by Gasteiger charge is 2.19. The molecule has 0 aliphatic rings. The van der Waals surface area contributed by atoms with Crippen LogP contribution in [0.5, 0.6) is 0 Å². The number of hydrogen-bond donors (Lipinski definition) is 1. The SMILES string of the molecule is CC(C)Cn1c(SCC(=O)c2ccc[nH]2)nnc1-c1ccc(Cl)cc1Cl. The number of thioether (sulfide) groups is 1. The highest BCUT2D eigenvalue weighted by atomic mass is 35.5. The van der Waals surface area contributed by atoms with Gasteiger partial charge in [0, 0.05) is 23.3 Å². The van der Waals surface area contributed by atoms with Crippen LogP contribution < -0.4 is 0 Å². The number of H-pyrrole nitrogens is 1. The van der Waals surface area contributed by atoms with Gasteiger partial charge < -0.3 is 9.55 Å². The van der Waals surface area contributed by atoms with Gasteiger partial charge in [-0.25, -0.2) is 0 Å². The molecule has 3 rings (SSSR count). The normalized spacial score (nSPS) is 11.3. The fourth-order valence-electron chi connectivity index (χ4n) is 2.51. The molecule has 3 aromatic rings. The second-order valence-corrected chi connectivity index (χ2v) is 8.02. The summed E-state index contributed by atoms with van der Waals surface area (Å²) in [5, 5.41) is 10.4. The third-order valence-corrected chi connectivity index (χ3v) is 5.18. The van der Waals surface area contributed by atoms with E-state index in [4.69, 9.17) is 23.2 Å². The highest BCUT2D eigenvalue weighted by Crippen LogP contribution is 2.32. The van der Waals surface area contributed by atoms with Gasteiger partial charge in [0.05, 0.1) is 16.5 Å². The molecule has 5 nitrogen and oxygen atoms in total. The van der Waals surface area contributed by atoms with E-state index >= 15 is 0 Å². The van der Waals surface area contributed by atoms with E-state index in [0.717, 1.165) is 12.1 Å². The zero-order valence-electron chi connectivity index (χ0n) is 14.4. The quantitative estimate of drug-likeness (QED) is 0.430. The van der Waals surface area contributed by atoms with Crippen molar-refractivity contribution >= 4 is 40.7 Å². The van der Waals surface area contributed by atoms with Crippen LogP contribution in [-0.4, -0.2) is 31.3 Å². The lowest BCUT2D eigenvalue weighted by Gasteiger charge is -2.13. The van der Waals surface area contributed by atoms with E-state index in [1.807, 2.05) is 10.6 Å². The summed E-state index contributed by atoms with van der Waals surface area (Å²) in [4.78, 5) is 15.2. The van der Waals surface area contributed by atoms with Gasteiger partial charge in [0.2, 0.25) is 0 Å². The Morgan fingerprint density at radius 3 is 2.73 bits per heavy atom. The molecule has 1 N–H and O–H groups in total.